The minimum absolute atomic E-state index is 0. The van der Waals surface area contributed by atoms with Crippen LogP contribution in [-0.2, 0) is 31.2 Å². The van der Waals surface area contributed by atoms with Crippen molar-refractivity contribution >= 4 is 11.9 Å². The van der Waals surface area contributed by atoms with Gasteiger partial charge in [-0.3, -0.25) is 0 Å². The van der Waals surface area contributed by atoms with E-state index in [4.69, 9.17) is 14.2 Å². The van der Waals surface area contributed by atoms with Gasteiger partial charge in [-0.2, -0.15) is 0 Å². The topological polar surface area (TPSA) is 82.1 Å². The molecular formula is C32H40BrNO6. The highest BCUT2D eigenvalue weighted by Gasteiger charge is 2.52. The van der Waals surface area contributed by atoms with E-state index < -0.39 is 11.6 Å². The second kappa shape index (κ2) is 12.9. The number of nitrogens with zero attached hydrogens (tertiary/aromatic N) is 1. The lowest BCUT2D eigenvalue weighted by molar-refractivity contribution is -0.957. The molecule has 8 heteroatoms. The van der Waals surface area contributed by atoms with Gasteiger partial charge in [0.15, 0.2) is 12.2 Å². The van der Waals surface area contributed by atoms with Gasteiger partial charge < -0.3 is 40.8 Å². The SMILES string of the molecule is CCOC(=O)COc1cccc(C[N+]2(C)[C@@H]3C=C[C@H]2CC(OC(=O)C(O)(c2ccccc2)C2CCCC2)C3)c1.[Br-]. The van der Waals surface area contributed by atoms with Crippen LogP contribution < -0.4 is 21.7 Å². The van der Waals surface area contributed by atoms with Crippen molar-refractivity contribution in [2.75, 3.05) is 20.3 Å². The first-order chi connectivity index (χ1) is 18.8. The Balaban J connectivity index is 0.00000370. The molecule has 3 aliphatic rings. The molecule has 1 saturated heterocycles. The highest BCUT2D eigenvalue weighted by Crippen LogP contribution is 2.44. The molecule has 3 unspecified atom stereocenters. The maximum absolute atomic E-state index is 13.7. The van der Waals surface area contributed by atoms with Crippen molar-refractivity contribution in [3.63, 3.8) is 0 Å². The molecule has 2 fully saturated rings. The minimum atomic E-state index is -1.61. The lowest BCUT2D eigenvalue weighted by Crippen LogP contribution is -3.00. The number of piperidine rings is 1. The van der Waals surface area contributed by atoms with Gasteiger partial charge in [-0.05, 0) is 49.6 Å². The fraction of sp³-hybridized carbons (Fsp3) is 0.500. The standard InChI is InChI=1S/C32H40NO6.BrH/c1-3-37-30(34)22-38-28-15-9-10-23(18-28)21-33(2)26-16-17-27(33)20-29(19-26)39-31(35)32(36,25-13-7-8-14-25)24-11-5-4-6-12-24;/h4-6,9-12,15-18,25-27,29,36H,3,7-8,13-14,19-22H2,1-2H3;1H/q+1;/p-1/t26-,27+,29?,32?,33?;. The fourth-order valence-corrected chi connectivity index (χ4v) is 6.77. The molecule has 0 radical (unpaired) electrons. The van der Waals surface area contributed by atoms with Crippen molar-refractivity contribution < 1.29 is 50.4 Å². The van der Waals surface area contributed by atoms with Gasteiger partial charge in [0.25, 0.3) is 0 Å². The number of fused-ring (bicyclic) bond motifs is 2. The Kier molecular flexibility index (Phi) is 9.75. The normalized spacial score (nSPS) is 26.9. The summed E-state index contributed by atoms with van der Waals surface area (Å²) in [5.74, 6) is -0.367. The van der Waals surface area contributed by atoms with Crippen LogP contribution in [0.25, 0.3) is 0 Å². The van der Waals surface area contributed by atoms with E-state index in [1.165, 1.54) is 0 Å². The molecule has 5 atom stereocenters. The van der Waals surface area contributed by atoms with Crippen LogP contribution in [0.4, 0.5) is 0 Å². The Morgan fingerprint density at radius 3 is 2.33 bits per heavy atom. The van der Waals surface area contributed by atoms with E-state index in [2.05, 4.69) is 25.3 Å². The van der Waals surface area contributed by atoms with E-state index >= 15 is 0 Å². The van der Waals surface area contributed by atoms with Crippen LogP contribution in [0, 0.1) is 5.92 Å². The molecule has 2 aliphatic heterocycles. The average molecular weight is 615 g/mol. The van der Waals surface area contributed by atoms with Gasteiger partial charge >= 0.3 is 11.9 Å². The van der Waals surface area contributed by atoms with Crippen LogP contribution in [0.5, 0.6) is 5.75 Å². The zero-order valence-electron chi connectivity index (χ0n) is 23.3. The number of quaternary nitrogens is 1. The lowest BCUT2D eigenvalue weighted by atomic mass is 9.80. The van der Waals surface area contributed by atoms with E-state index in [1.54, 1.807) is 6.92 Å². The number of aliphatic hydroxyl groups is 1. The van der Waals surface area contributed by atoms with E-state index in [0.29, 0.717) is 30.8 Å². The minimum Gasteiger partial charge on any atom is -1.00 e. The molecule has 1 N–H and O–H groups in total. The Morgan fingerprint density at radius 2 is 1.68 bits per heavy atom. The van der Waals surface area contributed by atoms with Crippen molar-refractivity contribution in [3.05, 3.63) is 77.9 Å². The number of hydrogen-bond acceptors (Lipinski definition) is 6. The van der Waals surface area contributed by atoms with Crippen LogP contribution in [0.1, 0.15) is 56.6 Å². The summed E-state index contributed by atoms with van der Waals surface area (Å²) < 4.78 is 17.5. The molecule has 2 aromatic rings. The van der Waals surface area contributed by atoms with Crippen LogP contribution in [0.15, 0.2) is 66.7 Å². The third-order valence-corrected chi connectivity index (χ3v) is 8.91. The van der Waals surface area contributed by atoms with E-state index in [1.807, 2.05) is 48.5 Å². The second-order valence-electron chi connectivity index (χ2n) is 11.4. The van der Waals surface area contributed by atoms with Crippen molar-refractivity contribution in [1.82, 2.24) is 0 Å². The van der Waals surface area contributed by atoms with Crippen molar-refractivity contribution in [2.24, 2.45) is 5.92 Å². The lowest BCUT2D eigenvalue weighted by Gasteiger charge is -2.47. The molecule has 2 aromatic carbocycles. The Morgan fingerprint density at radius 1 is 1.00 bits per heavy atom. The van der Waals surface area contributed by atoms with Crippen molar-refractivity contribution in [1.29, 1.82) is 0 Å². The third-order valence-electron chi connectivity index (χ3n) is 8.91. The van der Waals surface area contributed by atoms with Gasteiger partial charge in [-0.25, -0.2) is 9.59 Å². The van der Waals surface area contributed by atoms with Crippen LogP contribution in [0.3, 0.4) is 0 Å². The summed E-state index contributed by atoms with van der Waals surface area (Å²) in [7, 11) is 2.25. The molecule has 216 valence electrons. The molecule has 0 aromatic heterocycles. The Bertz CT molecular complexity index is 1180. The number of benzene rings is 2. The third kappa shape index (κ3) is 6.14. The van der Waals surface area contributed by atoms with Gasteiger partial charge in [0, 0.05) is 24.3 Å². The van der Waals surface area contributed by atoms with Gasteiger partial charge in [0.05, 0.1) is 13.7 Å². The predicted octanol–water partition coefficient (Wildman–Crippen LogP) is 1.67. The average Bonchev–Trinajstić information content (AvgIpc) is 3.51. The van der Waals surface area contributed by atoms with Crippen LogP contribution in [0.2, 0.25) is 0 Å². The molecule has 0 amide bonds. The van der Waals surface area contributed by atoms with Gasteiger partial charge in [-0.1, -0.05) is 55.3 Å². The largest absolute Gasteiger partial charge is 1.00 e. The fourth-order valence-electron chi connectivity index (χ4n) is 6.77. The Hall–Kier alpha value is -2.68. The summed E-state index contributed by atoms with van der Waals surface area (Å²) in [6, 6.07) is 17.6. The number of rotatable bonds is 10. The van der Waals surface area contributed by atoms with Crippen LogP contribution in [-0.4, -0.2) is 60.0 Å². The number of hydrogen-bond donors (Lipinski definition) is 1. The Labute approximate surface area is 247 Å². The molecule has 0 spiro atoms. The summed E-state index contributed by atoms with van der Waals surface area (Å²) in [5, 5.41) is 11.8. The molecule has 5 rings (SSSR count). The molecule has 1 saturated carbocycles. The van der Waals surface area contributed by atoms with Gasteiger partial charge in [0.2, 0.25) is 0 Å². The maximum Gasteiger partial charge on any atom is 0.344 e. The summed E-state index contributed by atoms with van der Waals surface area (Å²) in [6.07, 6.45) is 9.38. The monoisotopic (exact) mass is 613 g/mol. The molecule has 2 heterocycles. The second-order valence-corrected chi connectivity index (χ2v) is 11.4. The smallest absolute Gasteiger partial charge is 0.344 e. The number of carbonyl (C=O) groups excluding carboxylic acids is 2. The first kappa shape index (κ1) is 30.3. The zero-order valence-corrected chi connectivity index (χ0v) is 24.9. The van der Waals surface area contributed by atoms with Crippen molar-refractivity contribution in [3.8, 4) is 5.75 Å². The summed E-state index contributed by atoms with van der Waals surface area (Å²) in [6.45, 7) is 2.78. The number of likely N-dealkylation sites (N-methyl/N-ethyl adjacent to an activating group) is 1. The number of esters is 2. The van der Waals surface area contributed by atoms with Gasteiger partial charge in [0.1, 0.15) is 30.5 Å². The quantitative estimate of drug-likeness (QED) is 0.249. The van der Waals surface area contributed by atoms with Gasteiger partial charge in [-0.15, -0.1) is 0 Å². The molecule has 2 bridgehead atoms. The number of ether oxygens (including phenoxy) is 3. The molecular weight excluding hydrogens is 574 g/mol. The van der Waals surface area contributed by atoms with Crippen molar-refractivity contribution in [2.45, 2.75) is 75.8 Å². The highest BCUT2D eigenvalue weighted by molar-refractivity contribution is 5.81. The van der Waals surface area contributed by atoms with E-state index in [-0.39, 0.29) is 53.7 Å². The zero-order chi connectivity index (χ0) is 27.5. The first-order valence-electron chi connectivity index (χ1n) is 14.2. The maximum atomic E-state index is 13.7. The van der Waals surface area contributed by atoms with E-state index in [0.717, 1.165) is 42.3 Å². The first-order valence-corrected chi connectivity index (χ1v) is 14.2. The highest BCUT2D eigenvalue weighted by atomic mass is 79.9. The summed E-state index contributed by atoms with van der Waals surface area (Å²) in [4.78, 5) is 25.3. The molecule has 40 heavy (non-hydrogen) atoms. The summed E-state index contributed by atoms with van der Waals surface area (Å²) >= 11 is 0. The van der Waals surface area contributed by atoms with Crippen LogP contribution >= 0.6 is 0 Å². The number of halogens is 1. The number of carbonyl (C=O) groups is 2. The molecule has 7 nitrogen and oxygen atoms in total. The predicted molar refractivity (Wildman–Crippen MR) is 147 cm³/mol. The van der Waals surface area contributed by atoms with E-state index in [9.17, 15) is 14.7 Å². The molecule has 1 aliphatic carbocycles. The summed E-state index contributed by atoms with van der Waals surface area (Å²) in [5.41, 5.74) is 0.140.